The van der Waals surface area contributed by atoms with Crippen molar-refractivity contribution in [2.24, 2.45) is 5.41 Å². The Bertz CT molecular complexity index is 473. The van der Waals surface area contributed by atoms with Crippen molar-refractivity contribution >= 4 is 5.97 Å². The summed E-state index contributed by atoms with van der Waals surface area (Å²) in [6.07, 6.45) is 0. The van der Waals surface area contributed by atoms with Crippen LogP contribution in [0.15, 0.2) is 18.2 Å². The molecule has 106 valence electrons. The van der Waals surface area contributed by atoms with E-state index >= 15 is 0 Å². The molecule has 0 aromatic heterocycles. The van der Waals surface area contributed by atoms with E-state index in [9.17, 15) is 9.90 Å². The number of carbonyl (C=O) groups excluding carboxylic acids is 1. The van der Waals surface area contributed by atoms with Gasteiger partial charge in [0.05, 0.1) is 12.0 Å². The zero-order chi connectivity index (χ0) is 14.8. The summed E-state index contributed by atoms with van der Waals surface area (Å²) in [6, 6.07) is 5.83. The number of carbonyl (C=O) groups is 1. The average Bonchev–Trinajstić information content (AvgIpc) is 2.28. The second kappa shape index (κ2) is 5.33. The molecule has 0 bridgehead atoms. The maximum absolute atomic E-state index is 12.1. The number of esters is 1. The Labute approximate surface area is 115 Å². The second-order valence-corrected chi connectivity index (χ2v) is 5.74. The zero-order valence-electron chi connectivity index (χ0n) is 12.7. The third-order valence-corrected chi connectivity index (χ3v) is 3.91. The predicted octanol–water partition coefficient (Wildman–Crippen LogP) is 3.10. The SMILES string of the molecule is CCOC(=O)C(C)(C)C(C)(O)c1ccc(C)cc1C. The molecule has 1 rings (SSSR count). The first-order valence-corrected chi connectivity index (χ1v) is 6.62. The fourth-order valence-electron chi connectivity index (χ4n) is 2.21. The molecular formula is C16H24O3. The van der Waals surface area contributed by atoms with Crippen molar-refractivity contribution in [2.45, 2.75) is 47.1 Å². The molecule has 0 aliphatic heterocycles. The van der Waals surface area contributed by atoms with Crippen LogP contribution in [0.1, 0.15) is 44.4 Å². The van der Waals surface area contributed by atoms with Crippen molar-refractivity contribution in [1.29, 1.82) is 0 Å². The van der Waals surface area contributed by atoms with E-state index < -0.39 is 11.0 Å². The number of hydrogen-bond donors (Lipinski definition) is 1. The van der Waals surface area contributed by atoms with Crippen molar-refractivity contribution in [3.05, 3.63) is 34.9 Å². The van der Waals surface area contributed by atoms with E-state index in [-0.39, 0.29) is 5.97 Å². The molecule has 0 saturated carbocycles. The number of rotatable bonds is 4. The molecule has 1 aromatic carbocycles. The van der Waals surface area contributed by atoms with Crippen LogP contribution in [0.25, 0.3) is 0 Å². The minimum absolute atomic E-state index is 0.311. The van der Waals surface area contributed by atoms with E-state index in [2.05, 4.69) is 0 Å². The highest BCUT2D eigenvalue weighted by atomic mass is 16.5. The van der Waals surface area contributed by atoms with Gasteiger partial charge in [-0.3, -0.25) is 4.79 Å². The zero-order valence-corrected chi connectivity index (χ0v) is 12.7. The Morgan fingerprint density at radius 1 is 1.26 bits per heavy atom. The molecule has 3 heteroatoms. The van der Waals surface area contributed by atoms with Crippen LogP contribution in [-0.4, -0.2) is 17.7 Å². The van der Waals surface area contributed by atoms with Gasteiger partial charge >= 0.3 is 5.97 Å². The lowest BCUT2D eigenvalue weighted by Crippen LogP contribution is -2.46. The Morgan fingerprint density at radius 2 is 1.84 bits per heavy atom. The maximum Gasteiger partial charge on any atom is 0.314 e. The van der Waals surface area contributed by atoms with Gasteiger partial charge in [-0.2, -0.15) is 0 Å². The molecule has 1 unspecified atom stereocenters. The van der Waals surface area contributed by atoms with Crippen LogP contribution < -0.4 is 0 Å². The van der Waals surface area contributed by atoms with Gasteiger partial charge in [-0.05, 0) is 52.7 Å². The van der Waals surface area contributed by atoms with E-state index in [1.807, 2.05) is 32.0 Å². The molecular weight excluding hydrogens is 240 g/mol. The number of ether oxygens (including phenoxy) is 1. The summed E-state index contributed by atoms with van der Waals surface area (Å²) in [5, 5.41) is 10.9. The van der Waals surface area contributed by atoms with Gasteiger partial charge in [0.25, 0.3) is 0 Å². The van der Waals surface area contributed by atoms with Crippen LogP contribution in [0.5, 0.6) is 0 Å². The summed E-state index contributed by atoms with van der Waals surface area (Å²) in [5.41, 5.74) is 0.574. The van der Waals surface area contributed by atoms with E-state index in [0.29, 0.717) is 6.61 Å². The van der Waals surface area contributed by atoms with Crippen molar-refractivity contribution in [1.82, 2.24) is 0 Å². The Kier molecular flexibility index (Phi) is 4.41. The molecule has 0 aliphatic rings. The van der Waals surface area contributed by atoms with Crippen molar-refractivity contribution in [3.63, 3.8) is 0 Å². The third-order valence-electron chi connectivity index (χ3n) is 3.91. The highest BCUT2D eigenvalue weighted by Crippen LogP contribution is 2.41. The van der Waals surface area contributed by atoms with Crippen LogP contribution >= 0.6 is 0 Å². The Morgan fingerprint density at radius 3 is 2.32 bits per heavy atom. The third kappa shape index (κ3) is 2.81. The summed E-state index contributed by atoms with van der Waals surface area (Å²) in [5.74, 6) is -0.389. The topological polar surface area (TPSA) is 46.5 Å². The Balaban J connectivity index is 3.25. The van der Waals surface area contributed by atoms with Gasteiger partial charge in [0.1, 0.15) is 5.60 Å². The van der Waals surface area contributed by atoms with E-state index in [4.69, 9.17) is 4.74 Å². The molecule has 0 aliphatic carbocycles. The number of aliphatic hydroxyl groups is 1. The summed E-state index contributed by atoms with van der Waals surface area (Å²) in [7, 11) is 0. The van der Waals surface area contributed by atoms with E-state index in [0.717, 1.165) is 16.7 Å². The molecule has 1 atom stereocenters. The highest BCUT2D eigenvalue weighted by Gasteiger charge is 2.48. The van der Waals surface area contributed by atoms with Crippen molar-refractivity contribution < 1.29 is 14.6 Å². The van der Waals surface area contributed by atoms with Crippen LogP contribution in [0.3, 0.4) is 0 Å². The van der Waals surface area contributed by atoms with Crippen molar-refractivity contribution in [2.75, 3.05) is 6.61 Å². The second-order valence-electron chi connectivity index (χ2n) is 5.74. The van der Waals surface area contributed by atoms with Crippen molar-refractivity contribution in [3.8, 4) is 0 Å². The summed E-state index contributed by atoms with van der Waals surface area (Å²) in [6.45, 7) is 11.1. The average molecular weight is 264 g/mol. The van der Waals surface area contributed by atoms with Crippen LogP contribution in [0.2, 0.25) is 0 Å². The number of aryl methyl sites for hydroxylation is 2. The molecule has 1 aromatic rings. The summed E-state index contributed by atoms with van der Waals surface area (Å²) < 4.78 is 5.08. The number of hydrogen-bond acceptors (Lipinski definition) is 3. The predicted molar refractivity (Wildman–Crippen MR) is 75.9 cm³/mol. The van der Waals surface area contributed by atoms with E-state index in [1.165, 1.54) is 0 Å². The van der Waals surface area contributed by atoms with Gasteiger partial charge < -0.3 is 9.84 Å². The van der Waals surface area contributed by atoms with Crippen LogP contribution in [0.4, 0.5) is 0 Å². The molecule has 3 nitrogen and oxygen atoms in total. The van der Waals surface area contributed by atoms with E-state index in [1.54, 1.807) is 27.7 Å². The monoisotopic (exact) mass is 264 g/mol. The summed E-state index contributed by atoms with van der Waals surface area (Å²) in [4.78, 5) is 12.1. The van der Waals surface area contributed by atoms with Gasteiger partial charge in [0.15, 0.2) is 0 Å². The van der Waals surface area contributed by atoms with Gasteiger partial charge in [-0.25, -0.2) is 0 Å². The Hall–Kier alpha value is -1.35. The minimum atomic E-state index is -1.28. The molecule has 0 amide bonds. The molecule has 0 fully saturated rings. The lowest BCUT2D eigenvalue weighted by molar-refractivity contribution is -0.170. The molecule has 19 heavy (non-hydrogen) atoms. The largest absolute Gasteiger partial charge is 0.465 e. The normalized spacial score (nSPS) is 14.9. The lowest BCUT2D eigenvalue weighted by atomic mass is 9.70. The first-order chi connectivity index (χ1) is 8.64. The first kappa shape index (κ1) is 15.7. The standard InChI is InChI=1S/C16H24O3/c1-7-19-14(17)15(4,5)16(6,18)13-9-8-11(2)10-12(13)3/h8-10,18H,7H2,1-6H3. The first-order valence-electron chi connectivity index (χ1n) is 6.62. The van der Waals surface area contributed by atoms with Gasteiger partial charge in [-0.1, -0.05) is 23.8 Å². The molecule has 0 spiro atoms. The summed E-state index contributed by atoms with van der Waals surface area (Å²) >= 11 is 0. The van der Waals surface area contributed by atoms with Crippen LogP contribution in [0, 0.1) is 19.3 Å². The highest BCUT2D eigenvalue weighted by molar-refractivity contribution is 5.78. The smallest absolute Gasteiger partial charge is 0.314 e. The lowest BCUT2D eigenvalue weighted by Gasteiger charge is -2.39. The quantitative estimate of drug-likeness (QED) is 0.850. The molecule has 1 N–H and O–H groups in total. The molecule has 0 heterocycles. The minimum Gasteiger partial charge on any atom is -0.465 e. The fraction of sp³-hybridized carbons (Fsp3) is 0.562. The number of benzene rings is 1. The molecule has 0 saturated heterocycles. The fourth-order valence-corrected chi connectivity index (χ4v) is 2.21. The van der Waals surface area contributed by atoms with Gasteiger partial charge in [0, 0.05) is 0 Å². The maximum atomic E-state index is 12.1. The van der Waals surface area contributed by atoms with Gasteiger partial charge in [-0.15, -0.1) is 0 Å². The van der Waals surface area contributed by atoms with Crippen LogP contribution in [-0.2, 0) is 15.1 Å². The van der Waals surface area contributed by atoms with Gasteiger partial charge in [0.2, 0.25) is 0 Å². The molecule has 0 radical (unpaired) electrons.